The van der Waals surface area contributed by atoms with Crippen LogP contribution in [0.1, 0.15) is 34.5 Å². The lowest BCUT2D eigenvalue weighted by Gasteiger charge is -2.20. The molecule has 2 aromatic heterocycles. The smallest absolute Gasteiger partial charge is 0.408 e. The zero-order valence-corrected chi connectivity index (χ0v) is 16.6. The molecule has 0 N–H and O–H groups in total. The molecule has 0 saturated carbocycles. The standard InChI is InChI=1S/C21H19F3N4O2/c1-12-4-14(15-5-17(30-3)9-25-7-15)6-18-13(2)28(20(29)19(12)18)16-8-26-27(10-16)11-21(22,23)24/h4-10,13H,11H2,1-3H3. The maximum atomic E-state index is 13.1. The summed E-state index contributed by atoms with van der Waals surface area (Å²) in [4.78, 5) is 18.8. The zero-order chi connectivity index (χ0) is 21.6. The van der Waals surface area contributed by atoms with Crippen molar-refractivity contribution in [1.29, 1.82) is 0 Å². The van der Waals surface area contributed by atoms with Gasteiger partial charge in [0.25, 0.3) is 5.91 Å². The summed E-state index contributed by atoms with van der Waals surface area (Å²) in [7, 11) is 1.56. The highest BCUT2D eigenvalue weighted by molar-refractivity contribution is 6.12. The molecular weight excluding hydrogens is 397 g/mol. The monoisotopic (exact) mass is 416 g/mol. The Kier molecular flexibility index (Phi) is 4.76. The SMILES string of the molecule is COc1cncc(-c2cc(C)c3c(c2)C(C)N(c2cnn(CC(F)(F)F)c2)C3=O)c1. The van der Waals surface area contributed by atoms with Gasteiger partial charge in [-0.3, -0.25) is 19.4 Å². The van der Waals surface area contributed by atoms with Gasteiger partial charge in [0.2, 0.25) is 0 Å². The van der Waals surface area contributed by atoms with Gasteiger partial charge in [-0.25, -0.2) is 0 Å². The van der Waals surface area contributed by atoms with Crippen LogP contribution < -0.4 is 9.64 Å². The normalized spacial score (nSPS) is 16.1. The third-order valence-corrected chi connectivity index (χ3v) is 5.16. The Morgan fingerprint density at radius 2 is 1.90 bits per heavy atom. The molecule has 1 aromatic carbocycles. The van der Waals surface area contributed by atoms with Gasteiger partial charge < -0.3 is 4.74 Å². The van der Waals surface area contributed by atoms with Crippen LogP contribution in [-0.4, -0.2) is 34.0 Å². The lowest BCUT2D eigenvalue weighted by Crippen LogP contribution is -2.26. The van der Waals surface area contributed by atoms with E-state index >= 15 is 0 Å². The van der Waals surface area contributed by atoms with Crippen LogP contribution in [0.5, 0.6) is 5.75 Å². The molecule has 0 saturated heterocycles. The number of amides is 1. The molecule has 3 heterocycles. The van der Waals surface area contributed by atoms with Crippen molar-refractivity contribution in [2.75, 3.05) is 12.0 Å². The van der Waals surface area contributed by atoms with Crippen LogP contribution in [-0.2, 0) is 6.54 Å². The molecule has 1 aliphatic rings. The Hall–Kier alpha value is -3.36. The number of anilines is 1. The first-order valence-electron chi connectivity index (χ1n) is 9.24. The van der Waals surface area contributed by atoms with E-state index in [1.807, 2.05) is 32.0 Å². The first-order valence-corrected chi connectivity index (χ1v) is 9.24. The van der Waals surface area contributed by atoms with E-state index < -0.39 is 12.7 Å². The van der Waals surface area contributed by atoms with Crippen molar-refractivity contribution < 1.29 is 22.7 Å². The van der Waals surface area contributed by atoms with E-state index in [1.165, 1.54) is 17.3 Å². The first kappa shape index (κ1) is 19.9. The quantitative estimate of drug-likeness (QED) is 0.626. The second-order valence-corrected chi connectivity index (χ2v) is 7.23. The Bertz CT molecular complexity index is 1120. The van der Waals surface area contributed by atoms with E-state index in [-0.39, 0.29) is 11.9 Å². The van der Waals surface area contributed by atoms with Crippen molar-refractivity contribution in [2.24, 2.45) is 0 Å². The number of nitrogens with zero attached hydrogens (tertiary/aromatic N) is 4. The second-order valence-electron chi connectivity index (χ2n) is 7.23. The van der Waals surface area contributed by atoms with Gasteiger partial charge in [0, 0.05) is 23.5 Å². The number of rotatable bonds is 4. The first-order chi connectivity index (χ1) is 14.2. The van der Waals surface area contributed by atoms with Gasteiger partial charge in [-0.1, -0.05) is 6.07 Å². The average molecular weight is 416 g/mol. The molecular formula is C21H19F3N4O2. The number of hydrogen-bond donors (Lipinski definition) is 0. The van der Waals surface area contributed by atoms with Gasteiger partial charge in [0.15, 0.2) is 0 Å². The van der Waals surface area contributed by atoms with E-state index in [4.69, 9.17) is 4.74 Å². The summed E-state index contributed by atoms with van der Waals surface area (Å²) in [5.41, 5.74) is 4.21. The van der Waals surface area contributed by atoms with Crippen LogP contribution in [0.3, 0.4) is 0 Å². The number of pyridine rings is 1. The Balaban J connectivity index is 1.71. The lowest BCUT2D eigenvalue weighted by atomic mass is 9.95. The number of alkyl halides is 3. The van der Waals surface area contributed by atoms with Crippen molar-refractivity contribution in [3.05, 3.63) is 59.7 Å². The fourth-order valence-electron chi connectivity index (χ4n) is 3.81. The molecule has 156 valence electrons. The van der Waals surface area contributed by atoms with Crippen LogP contribution in [0.4, 0.5) is 18.9 Å². The van der Waals surface area contributed by atoms with Gasteiger partial charge in [-0.2, -0.15) is 18.3 Å². The third-order valence-electron chi connectivity index (χ3n) is 5.16. The molecule has 6 nitrogen and oxygen atoms in total. The molecule has 3 aromatic rings. The Morgan fingerprint density at radius 1 is 1.13 bits per heavy atom. The summed E-state index contributed by atoms with van der Waals surface area (Å²) in [5.74, 6) is 0.366. The molecule has 9 heteroatoms. The van der Waals surface area contributed by atoms with E-state index in [9.17, 15) is 18.0 Å². The third kappa shape index (κ3) is 3.51. The minimum absolute atomic E-state index is 0.253. The number of carbonyl (C=O) groups excluding carboxylic acids is 1. The van der Waals surface area contributed by atoms with Gasteiger partial charge in [-0.05, 0) is 42.7 Å². The minimum atomic E-state index is -4.39. The lowest BCUT2D eigenvalue weighted by molar-refractivity contribution is -0.142. The van der Waals surface area contributed by atoms with Crippen LogP contribution in [0.2, 0.25) is 0 Å². The van der Waals surface area contributed by atoms with Gasteiger partial charge >= 0.3 is 6.18 Å². The molecule has 0 fully saturated rings. The molecule has 1 atom stereocenters. The summed E-state index contributed by atoms with van der Waals surface area (Å²) in [6.45, 7) is 2.48. The predicted octanol–water partition coefficient (Wildman–Crippen LogP) is 4.55. The molecule has 30 heavy (non-hydrogen) atoms. The fraction of sp³-hybridized carbons (Fsp3) is 0.286. The fourth-order valence-corrected chi connectivity index (χ4v) is 3.81. The number of carbonyl (C=O) groups is 1. The number of methoxy groups -OCH3 is 1. The summed E-state index contributed by atoms with van der Waals surface area (Å²) >= 11 is 0. The van der Waals surface area contributed by atoms with Crippen molar-refractivity contribution >= 4 is 11.6 Å². The molecule has 4 rings (SSSR count). The van der Waals surface area contributed by atoms with Crippen LogP contribution >= 0.6 is 0 Å². The zero-order valence-electron chi connectivity index (χ0n) is 16.6. The van der Waals surface area contributed by atoms with E-state index in [2.05, 4.69) is 10.1 Å². The Labute approximate surface area is 170 Å². The number of aromatic nitrogens is 3. The van der Waals surface area contributed by atoms with Gasteiger partial charge in [0.05, 0.1) is 31.2 Å². The van der Waals surface area contributed by atoms with E-state index in [1.54, 1.807) is 19.5 Å². The number of fused-ring (bicyclic) bond motifs is 1. The predicted molar refractivity (Wildman–Crippen MR) is 104 cm³/mol. The van der Waals surface area contributed by atoms with Crippen LogP contribution in [0.15, 0.2) is 43.0 Å². The summed E-state index contributed by atoms with van der Waals surface area (Å²) in [6.07, 6.45) is 1.47. The number of ether oxygens (including phenoxy) is 1. The van der Waals surface area contributed by atoms with E-state index in [0.717, 1.165) is 26.9 Å². The number of halogens is 3. The highest BCUT2D eigenvalue weighted by Gasteiger charge is 2.37. The van der Waals surface area contributed by atoms with Crippen molar-refractivity contribution in [2.45, 2.75) is 32.6 Å². The molecule has 0 aliphatic carbocycles. The molecule has 0 radical (unpaired) electrons. The largest absolute Gasteiger partial charge is 0.495 e. The second kappa shape index (κ2) is 7.16. The topological polar surface area (TPSA) is 60.2 Å². The Morgan fingerprint density at radius 3 is 2.60 bits per heavy atom. The number of benzene rings is 1. The molecule has 1 unspecified atom stereocenters. The highest BCUT2D eigenvalue weighted by Crippen LogP contribution is 2.41. The molecule has 0 bridgehead atoms. The maximum absolute atomic E-state index is 13.1. The van der Waals surface area contributed by atoms with Gasteiger partial charge in [0.1, 0.15) is 12.3 Å². The van der Waals surface area contributed by atoms with Gasteiger partial charge in [-0.15, -0.1) is 0 Å². The minimum Gasteiger partial charge on any atom is -0.495 e. The molecule has 0 spiro atoms. The average Bonchev–Trinajstić information content (AvgIpc) is 3.22. The number of hydrogen-bond acceptors (Lipinski definition) is 4. The van der Waals surface area contributed by atoms with Crippen molar-refractivity contribution in [3.63, 3.8) is 0 Å². The van der Waals surface area contributed by atoms with Crippen LogP contribution in [0, 0.1) is 6.92 Å². The molecule has 1 amide bonds. The number of aryl methyl sites for hydroxylation is 1. The summed E-state index contributed by atoms with van der Waals surface area (Å²) in [5, 5.41) is 3.77. The van der Waals surface area contributed by atoms with Crippen LogP contribution in [0.25, 0.3) is 11.1 Å². The summed E-state index contributed by atoms with van der Waals surface area (Å²) in [6, 6.07) is 5.32. The maximum Gasteiger partial charge on any atom is 0.408 e. The summed E-state index contributed by atoms with van der Waals surface area (Å²) < 4.78 is 44.0. The highest BCUT2D eigenvalue weighted by atomic mass is 19.4. The van der Waals surface area contributed by atoms with E-state index in [0.29, 0.717) is 17.0 Å². The molecule has 1 aliphatic heterocycles. The van der Waals surface area contributed by atoms with Crippen molar-refractivity contribution in [3.8, 4) is 16.9 Å². The van der Waals surface area contributed by atoms with Crippen molar-refractivity contribution in [1.82, 2.24) is 14.8 Å².